The van der Waals surface area contributed by atoms with E-state index in [0.717, 1.165) is 15.4 Å². The molecule has 0 aliphatic carbocycles. The fourth-order valence-corrected chi connectivity index (χ4v) is 3.86. The number of aromatic nitrogens is 1. The van der Waals surface area contributed by atoms with Crippen molar-refractivity contribution in [3.63, 3.8) is 0 Å². The number of carbonyl (C=O) groups excluding carboxylic acids is 1. The van der Waals surface area contributed by atoms with E-state index >= 15 is 0 Å². The molecule has 6 heteroatoms. The average Bonchev–Trinajstić information content (AvgIpc) is 3.25. The van der Waals surface area contributed by atoms with E-state index in [1.54, 1.807) is 30.6 Å². The summed E-state index contributed by atoms with van der Waals surface area (Å²) in [6.45, 7) is 6.48. The number of hydrogen-bond donors (Lipinski definition) is 1. The topological polar surface area (TPSA) is 52.5 Å². The maximum atomic E-state index is 13.0. The van der Waals surface area contributed by atoms with Crippen LogP contribution in [0.2, 0.25) is 0 Å². The summed E-state index contributed by atoms with van der Waals surface area (Å²) in [6, 6.07) is 9.28. The van der Waals surface area contributed by atoms with Crippen LogP contribution in [0, 0.1) is 13.8 Å². The molecule has 1 N–H and O–H groups in total. The van der Waals surface area contributed by atoms with Crippen LogP contribution in [0.4, 0.5) is 5.69 Å². The van der Waals surface area contributed by atoms with E-state index in [9.17, 15) is 4.79 Å². The Balaban J connectivity index is 1.92. The molecule has 0 atom stereocenters. The van der Waals surface area contributed by atoms with Crippen molar-refractivity contribution in [1.82, 2.24) is 4.57 Å². The molecule has 0 aliphatic heterocycles. The lowest BCUT2D eigenvalue weighted by Crippen LogP contribution is -2.14. The molecule has 2 aromatic heterocycles. The Morgan fingerprint density at radius 2 is 1.92 bits per heavy atom. The number of amides is 1. The minimum Gasteiger partial charge on any atom is -0.493 e. The first-order chi connectivity index (χ1) is 12.5. The minimum atomic E-state index is -0.137. The largest absolute Gasteiger partial charge is 0.493 e. The van der Waals surface area contributed by atoms with Crippen LogP contribution in [0.25, 0.3) is 5.00 Å². The Bertz CT molecular complexity index is 914. The lowest BCUT2D eigenvalue weighted by molar-refractivity contribution is 0.102. The van der Waals surface area contributed by atoms with Gasteiger partial charge in [-0.15, -0.1) is 11.3 Å². The van der Waals surface area contributed by atoms with Gasteiger partial charge in [-0.3, -0.25) is 4.79 Å². The summed E-state index contributed by atoms with van der Waals surface area (Å²) in [5, 5.41) is 3.89. The number of hydrogen-bond acceptors (Lipinski definition) is 4. The van der Waals surface area contributed by atoms with E-state index in [1.807, 2.05) is 55.9 Å². The first-order valence-electron chi connectivity index (χ1n) is 8.40. The van der Waals surface area contributed by atoms with Gasteiger partial charge in [0.2, 0.25) is 0 Å². The van der Waals surface area contributed by atoms with Crippen LogP contribution >= 0.6 is 11.3 Å². The van der Waals surface area contributed by atoms with Gasteiger partial charge in [0.25, 0.3) is 5.91 Å². The molecule has 0 bridgehead atoms. The maximum absolute atomic E-state index is 13.0. The van der Waals surface area contributed by atoms with Crippen LogP contribution in [0.3, 0.4) is 0 Å². The van der Waals surface area contributed by atoms with Crippen molar-refractivity contribution in [2.75, 3.05) is 19.0 Å². The number of nitrogens with zero attached hydrogens (tertiary/aromatic N) is 1. The molecule has 0 radical (unpaired) electrons. The van der Waals surface area contributed by atoms with Crippen LogP contribution in [0.15, 0.2) is 42.7 Å². The zero-order valence-corrected chi connectivity index (χ0v) is 16.1. The van der Waals surface area contributed by atoms with Gasteiger partial charge in [0.05, 0.1) is 19.3 Å². The molecule has 0 spiro atoms. The molecule has 0 saturated carbocycles. The first kappa shape index (κ1) is 18.1. The van der Waals surface area contributed by atoms with Crippen molar-refractivity contribution in [3.05, 3.63) is 58.7 Å². The van der Waals surface area contributed by atoms with E-state index in [-0.39, 0.29) is 5.91 Å². The highest BCUT2D eigenvalue weighted by atomic mass is 32.1. The zero-order chi connectivity index (χ0) is 18.7. The molecule has 0 fully saturated rings. The van der Waals surface area contributed by atoms with Crippen LogP contribution < -0.4 is 14.8 Å². The number of methoxy groups -OCH3 is 1. The van der Waals surface area contributed by atoms with Crippen molar-refractivity contribution in [2.24, 2.45) is 0 Å². The maximum Gasteiger partial charge on any atom is 0.258 e. The number of ether oxygens (including phenoxy) is 2. The quantitative estimate of drug-likeness (QED) is 0.677. The Kier molecular flexibility index (Phi) is 5.32. The van der Waals surface area contributed by atoms with Crippen molar-refractivity contribution in [3.8, 4) is 16.5 Å². The standard InChI is InChI=1S/C20H22N2O3S/c1-5-25-16-9-8-15(12-17(16)24-4)21-19(23)18-13(2)14(3)26-20(18)22-10-6-7-11-22/h6-12H,5H2,1-4H3,(H,21,23). The summed E-state index contributed by atoms with van der Waals surface area (Å²) < 4.78 is 12.9. The highest BCUT2D eigenvalue weighted by molar-refractivity contribution is 7.15. The fourth-order valence-electron chi connectivity index (χ4n) is 2.74. The highest BCUT2D eigenvalue weighted by Gasteiger charge is 2.21. The first-order valence-corrected chi connectivity index (χ1v) is 9.22. The van der Waals surface area contributed by atoms with Crippen LogP contribution in [0.1, 0.15) is 27.7 Å². The Hall–Kier alpha value is -2.73. The minimum absolute atomic E-state index is 0.137. The van der Waals surface area contributed by atoms with Gasteiger partial charge in [-0.25, -0.2) is 0 Å². The van der Waals surface area contributed by atoms with Crippen LogP contribution in [-0.2, 0) is 0 Å². The number of rotatable bonds is 6. The lowest BCUT2D eigenvalue weighted by Gasteiger charge is -2.12. The van der Waals surface area contributed by atoms with Crippen molar-refractivity contribution >= 4 is 22.9 Å². The Morgan fingerprint density at radius 3 is 2.58 bits per heavy atom. The lowest BCUT2D eigenvalue weighted by atomic mass is 10.1. The van der Waals surface area contributed by atoms with Gasteiger partial charge >= 0.3 is 0 Å². The number of carbonyl (C=O) groups is 1. The summed E-state index contributed by atoms with van der Waals surface area (Å²) in [5.74, 6) is 1.11. The van der Waals surface area contributed by atoms with Crippen molar-refractivity contribution in [1.29, 1.82) is 0 Å². The number of thiophene rings is 1. The molecule has 1 aromatic carbocycles. The molecule has 3 rings (SSSR count). The van der Waals surface area contributed by atoms with Gasteiger partial charge in [-0.1, -0.05) is 0 Å². The summed E-state index contributed by atoms with van der Waals surface area (Å²) in [4.78, 5) is 14.1. The number of nitrogens with one attached hydrogen (secondary N) is 1. The monoisotopic (exact) mass is 370 g/mol. The van der Waals surface area contributed by atoms with E-state index in [1.165, 1.54) is 0 Å². The van der Waals surface area contributed by atoms with E-state index in [4.69, 9.17) is 9.47 Å². The average molecular weight is 370 g/mol. The second-order valence-electron chi connectivity index (χ2n) is 5.81. The molecule has 0 unspecified atom stereocenters. The summed E-state index contributed by atoms with van der Waals surface area (Å²) in [7, 11) is 1.58. The number of aryl methyl sites for hydroxylation is 1. The van der Waals surface area contributed by atoms with Crippen molar-refractivity contribution in [2.45, 2.75) is 20.8 Å². The van der Waals surface area contributed by atoms with Gasteiger partial charge < -0.3 is 19.4 Å². The normalized spacial score (nSPS) is 10.6. The smallest absolute Gasteiger partial charge is 0.258 e. The third-order valence-corrected chi connectivity index (χ3v) is 5.37. The van der Waals surface area contributed by atoms with Crippen molar-refractivity contribution < 1.29 is 14.3 Å². The second kappa shape index (κ2) is 7.66. The molecular weight excluding hydrogens is 348 g/mol. The molecule has 136 valence electrons. The van der Waals surface area contributed by atoms with Gasteiger partial charge in [-0.05, 0) is 50.6 Å². The molecule has 26 heavy (non-hydrogen) atoms. The van der Waals surface area contributed by atoms with Gasteiger partial charge in [0.15, 0.2) is 11.5 Å². The Morgan fingerprint density at radius 1 is 1.19 bits per heavy atom. The van der Waals surface area contributed by atoms with E-state index < -0.39 is 0 Å². The summed E-state index contributed by atoms with van der Waals surface area (Å²) >= 11 is 1.61. The molecular formula is C20H22N2O3S. The van der Waals surface area contributed by atoms with E-state index in [2.05, 4.69) is 5.32 Å². The zero-order valence-electron chi connectivity index (χ0n) is 15.3. The van der Waals surface area contributed by atoms with Crippen LogP contribution in [0.5, 0.6) is 11.5 Å². The van der Waals surface area contributed by atoms with Gasteiger partial charge in [-0.2, -0.15) is 0 Å². The molecule has 0 aliphatic rings. The third-order valence-electron chi connectivity index (χ3n) is 4.15. The fraction of sp³-hybridized carbons (Fsp3) is 0.250. The third kappa shape index (κ3) is 3.46. The molecule has 5 nitrogen and oxygen atoms in total. The number of anilines is 1. The predicted molar refractivity (Wildman–Crippen MR) is 105 cm³/mol. The van der Waals surface area contributed by atoms with Gasteiger partial charge in [0, 0.05) is 29.0 Å². The molecule has 2 heterocycles. The summed E-state index contributed by atoms with van der Waals surface area (Å²) in [5.41, 5.74) is 2.35. The van der Waals surface area contributed by atoms with Crippen LogP contribution in [-0.4, -0.2) is 24.2 Å². The SMILES string of the molecule is CCOc1ccc(NC(=O)c2c(-n3cccc3)sc(C)c2C)cc1OC. The Labute approximate surface area is 157 Å². The summed E-state index contributed by atoms with van der Waals surface area (Å²) in [6.07, 6.45) is 3.89. The predicted octanol–water partition coefficient (Wildman–Crippen LogP) is 4.82. The molecule has 1 amide bonds. The second-order valence-corrected chi connectivity index (χ2v) is 7.01. The molecule has 0 saturated heterocycles. The highest BCUT2D eigenvalue weighted by Crippen LogP contribution is 2.33. The van der Waals surface area contributed by atoms with Gasteiger partial charge in [0.1, 0.15) is 5.00 Å². The number of benzene rings is 1. The van der Waals surface area contributed by atoms with E-state index in [0.29, 0.717) is 29.4 Å². The molecule has 3 aromatic rings.